The number of hydrogen-bond donors (Lipinski definition) is 1. The molecule has 0 aliphatic carbocycles. The molecule has 1 N–H and O–H groups in total. The summed E-state index contributed by atoms with van der Waals surface area (Å²) in [7, 11) is 0. The summed E-state index contributed by atoms with van der Waals surface area (Å²) in [6.45, 7) is 3.94. The van der Waals surface area contributed by atoms with Crippen LogP contribution in [0.5, 0.6) is 0 Å². The van der Waals surface area contributed by atoms with Crippen molar-refractivity contribution in [2.45, 2.75) is 32.2 Å². The molecule has 0 radical (unpaired) electrons. The summed E-state index contributed by atoms with van der Waals surface area (Å²) in [6, 6.07) is 0. The van der Waals surface area contributed by atoms with Gasteiger partial charge in [0, 0.05) is 0 Å². The highest BCUT2D eigenvalue weighted by molar-refractivity contribution is 9.09. The second-order valence-corrected chi connectivity index (χ2v) is 3.18. The third-order valence-electron chi connectivity index (χ3n) is 1.98. The largest absolute Gasteiger partial charge is 0.339 e. The van der Waals surface area contributed by atoms with Crippen LogP contribution in [-0.4, -0.2) is 16.8 Å². The first-order valence-corrected chi connectivity index (χ1v) is 5.11. The summed E-state index contributed by atoms with van der Waals surface area (Å²) in [5.74, 6) is 2.57. The third-order valence-corrected chi connectivity index (χ3v) is 2.49. The van der Waals surface area contributed by atoms with E-state index in [1.54, 1.807) is 0 Å². The fraction of sp³-hybridized carbons (Fsp3) is 0.667. The second kappa shape index (κ2) is 5.21. The van der Waals surface area contributed by atoms with Gasteiger partial charge in [0.15, 0.2) is 0 Å². The predicted octanol–water partition coefficient (Wildman–Crippen LogP) is 1.69. The van der Waals surface area contributed by atoms with Crippen LogP contribution in [0.1, 0.15) is 26.7 Å². The smallest absolute Gasteiger partial charge is 0.231 e. The highest BCUT2D eigenvalue weighted by Gasteiger charge is 2.24. The minimum Gasteiger partial charge on any atom is -0.339 e. The monoisotopic (exact) mass is 231 g/mol. The first kappa shape index (κ1) is 11.5. The van der Waals surface area contributed by atoms with E-state index >= 15 is 0 Å². The van der Waals surface area contributed by atoms with E-state index in [2.05, 4.69) is 27.2 Å². The van der Waals surface area contributed by atoms with Crippen molar-refractivity contribution in [1.29, 1.82) is 0 Å². The number of carbonyl (C=O) groups excluding carboxylic acids is 1. The third kappa shape index (κ3) is 2.86. The Morgan fingerprint density at radius 1 is 1.58 bits per heavy atom. The van der Waals surface area contributed by atoms with Crippen LogP contribution in [0.2, 0.25) is 0 Å². The van der Waals surface area contributed by atoms with Gasteiger partial charge in [0.25, 0.3) is 0 Å². The van der Waals surface area contributed by atoms with Crippen molar-refractivity contribution in [2.75, 3.05) is 5.33 Å². The van der Waals surface area contributed by atoms with Crippen LogP contribution in [0.25, 0.3) is 0 Å². The predicted molar refractivity (Wildman–Crippen MR) is 54.1 cm³/mol. The lowest BCUT2D eigenvalue weighted by atomic mass is 9.94. The van der Waals surface area contributed by atoms with Gasteiger partial charge in [-0.1, -0.05) is 35.7 Å². The molecule has 2 nitrogen and oxygen atoms in total. The zero-order valence-corrected chi connectivity index (χ0v) is 9.07. The van der Waals surface area contributed by atoms with Crippen LogP contribution >= 0.6 is 15.9 Å². The number of rotatable bonds is 4. The SMILES string of the molecule is C#CC(CC)(CC)NC(=O)CBr. The Bertz CT molecular complexity index is 191. The zero-order chi connectivity index (χ0) is 9.61. The fourth-order valence-electron chi connectivity index (χ4n) is 0.967. The minimum atomic E-state index is -0.454. The first-order valence-electron chi connectivity index (χ1n) is 3.98. The van der Waals surface area contributed by atoms with E-state index in [1.165, 1.54) is 0 Å². The molecule has 3 heteroatoms. The maximum atomic E-state index is 11.1. The van der Waals surface area contributed by atoms with Crippen molar-refractivity contribution in [2.24, 2.45) is 0 Å². The Kier molecular flexibility index (Phi) is 5.00. The minimum absolute atomic E-state index is 0.0587. The van der Waals surface area contributed by atoms with Gasteiger partial charge in [-0.15, -0.1) is 6.42 Å². The zero-order valence-electron chi connectivity index (χ0n) is 7.48. The van der Waals surface area contributed by atoms with Gasteiger partial charge in [0.2, 0.25) is 5.91 Å². The molecule has 0 heterocycles. The number of hydrogen-bond acceptors (Lipinski definition) is 1. The molecule has 0 aromatic rings. The molecule has 12 heavy (non-hydrogen) atoms. The molecule has 0 fully saturated rings. The number of halogens is 1. The molecule has 0 spiro atoms. The van der Waals surface area contributed by atoms with E-state index in [9.17, 15) is 4.79 Å². The van der Waals surface area contributed by atoms with Crippen LogP contribution in [0.3, 0.4) is 0 Å². The number of nitrogens with one attached hydrogen (secondary N) is 1. The molecule has 0 aliphatic rings. The fourth-order valence-corrected chi connectivity index (χ4v) is 1.11. The second-order valence-electron chi connectivity index (χ2n) is 2.62. The average Bonchev–Trinajstić information content (AvgIpc) is 2.14. The van der Waals surface area contributed by atoms with Crippen LogP contribution in [0.15, 0.2) is 0 Å². The van der Waals surface area contributed by atoms with E-state index in [0.29, 0.717) is 5.33 Å². The number of terminal acetylenes is 1. The Morgan fingerprint density at radius 3 is 2.33 bits per heavy atom. The standard InChI is InChI=1S/C9H14BrNO/c1-4-9(5-2,6-3)11-8(12)7-10/h1H,5-7H2,2-3H3,(H,11,12). The van der Waals surface area contributed by atoms with Gasteiger partial charge in [-0.3, -0.25) is 4.79 Å². The lowest BCUT2D eigenvalue weighted by Gasteiger charge is -2.26. The topological polar surface area (TPSA) is 29.1 Å². The van der Waals surface area contributed by atoms with E-state index < -0.39 is 5.54 Å². The quantitative estimate of drug-likeness (QED) is 0.580. The van der Waals surface area contributed by atoms with Crippen molar-refractivity contribution in [3.63, 3.8) is 0 Å². The molecule has 0 aromatic heterocycles. The molecule has 0 bridgehead atoms. The molecular weight excluding hydrogens is 218 g/mol. The van der Waals surface area contributed by atoms with E-state index in [-0.39, 0.29) is 5.91 Å². The Labute approximate surface area is 82.2 Å². The maximum Gasteiger partial charge on any atom is 0.231 e. The van der Waals surface area contributed by atoms with E-state index in [4.69, 9.17) is 6.42 Å². The van der Waals surface area contributed by atoms with Crippen molar-refractivity contribution in [1.82, 2.24) is 5.32 Å². The van der Waals surface area contributed by atoms with Gasteiger partial charge >= 0.3 is 0 Å². The van der Waals surface area contributed by atoms with Gasteiger partial charge in [-0.2, -0.15) is 0 Å². The first-order chi connectivity index (χ1) is 5.64. The summed E-state index contributed by atoms with van der Waals surface area (Å²) < 4.78 is 0. The van der Waals surface area contributed by atoms with Crippen molar-refractivity contribution >= 4 is 21.8 Å². The molecule has 1 amide bonds. The molecule has 0 rings (SSSR count). The normalized spacial score (nSPS) is 10.5. The maximum absolute atomic E-state index is 11.1. The van der Waals surface area contributed by atoms with Gasteiger partial charge in [-0.25, -0.2) is 0 Å². The van der Waals surface area contributed by atoms with Gasteiger partial charge in [-0.05, 0) is 12.8 Å². The highest BCUT2D eigenvalue weighted by Crippen LogP contribution is 2.13. The van der Waals surface area contributed by atoms with Crippen molar-refractivity contribution < 1.29 is 4.79 Å². The number of carbonyl (C=O) groups is 1. The molecule has 0 saturated heterocycles. The van der Waals surface area contributed by atoms with Crippen LogP contribution in [-0.2, 0) is 4.79 Å². The van der Waals surface area contributed by atoms with Gasteiger partial charge in [0.05, 0.1) is 5.33 Å². The summed E-state index contributed by atoms with van der Waals surface area (Å²) in [4.78, 5) is 11.1. The molecule has 0 aliphatic heterocycles. The van der Waals surface area contributed by atoms with Crippen LogP contribution < -0.4 is 5.32 Å². The number of amides is 1. The highest BCUT2D eigenvalue weighted by atomic mass is 79.9. The Morgan fingerprint density at radius 2 is 2.08 bits per heavy atom. The molecule has 0 aromatic carbocycles. The lowest BCUT2D eigenvalue weighted by Crippen LogP contribution is -2.46. The van der Waals surface area contributed by atoms with Crippen molar-refractivity contribution in [3.05, 3.63) is 0 Å². The summed E-state index contributed by atoms with van der Waals surface area (Å²) in [6.07, 6.45) is 6.88. The summed E-state index contributed by atoms with van der Waals surface area (Å²) >= 11 is 3.07. The van der Waals surface area contributed by atoms with Gasteiger partial charge < -0.3 is 5.32 Å². The lowest BCUT2D eigenvalue weighted by molar-refractivity contribution is -0.119. The molecule has 0 unspecified atom stereocenters. The van der Waals surface area contributed by atoms with Crippen molar-refractivity contribution in [3.8, 4) is 12.3 Å². The molecule has 0 saturated carbocycles. The molecule has 68 valence electrons. The van der Waals surface area contributed by atoms with E-state index in [0.717, 1.165) is 12.8 Å². The Hall–Kier alpha value is -0.490. The molecular formula is C9H14BrNO. The summed E-state index contributed by atoms with van der Waals surface area (Å²) in [5, 5.41) is 3.11. The summed E-state index contributed by atoms with van der Waals surface area (Å²) in [5.41, 5.74) is -0.454. The van der Waals surface area contributed by atoms with Gasteiger partial charge in [0.1, 0.15) is 5.54 Å². The Balaban J connectivity index is 4.33. The van der Waals surface area contributed by atoms with E-state index in [1.807, 2.05) is 13.8 Å². The van der Waals surface area contributed by atoms with Crippen LogP contribution in [0, 0.1) is 12.3 Å². The van der Waals surface area contributed by atoms with Crippen LogP contribution in [0.4, 0.5) is 0 Å². The molecule has 0 atom stereocenters. The average molecular weight is 232 g/mol. The number of alkyl halides is 1.